The zero-order chi connectivity index (χ0) is 13.5. The number of hydrogen-bond acceptors (Lipinski definition) is 1. The van der Waals surface area contributed by atoms with Crippen LogP contribution in [-0.4, -0.2) is 10.4 Å². The predicted molar refractivity (Wildman–Crippen MR) is 75.9 cm³/mol. The van der Waals surface area contributed by atoms with E-state index < -0.39 is 0 Å². The molecule has 0 atom stereocenters. The Kier molecular flexibility index (Phi) is 3.05. The van der Waals surface area contributed by atoms with Gasteiger partial charge in [-0.3, -0.25) is 4.79 Å². The Balaban J connectivity index is 2.45. The van der Waals surface area contributed by atoms with Crippen LogP contribution in [0.4, 0.5) is 0 Å². The summed E-state index contributed by atoms with van der Waals surface area (Å²) in [4.78, 5) is 12.2. The number of nitrogens with zero attached hydrogens (tertiary/aromatic N) is 1. The number of aromatic nitrogens is 1. The molecule has 0 amide bonds. The topological polar surface area (TPSA) is 22.0 Å². The molecule has 1 heterocycles. The van der Waals surface area contributed by atoms with Crippen molar-refractivity contribution in [3.05, 3.63) is 35.5 Å². The highest BCUT2D eigenvalue weighted by atomic mass is 16.1. The molecule has 18 heavy (non-hydrogen) atoms. The fourth-order valence-corrected chi connectivity index (χ4v) is 2.12. The third kappa shape index (κ3) is 2.33. The summed E-state index contributed by atoms with van der Waals surface area (Å²) >= 11 is 0. The Labute approximate surface area is 109 Å². The monoisotopic (exact) mass is 243 g/mol. The van der Waals surface area contributed by atoms with E-state index in [0.29, 0.717) is 6.54 Å². The molecular weight excluding hydrogens is 222 g/mol. The van der Waals surface area contributed by atoms with Crippen LogP contribution in [0.15, 0.2) is 24.3 Å². The Morgan fingerprint density at radius 3 is 2.44 bits per heavy atom. The van der Waals surface area contributed by atoms with Gasteiger partial charge in [0.05, 0.1) is 6.54 Å². The predicted octanol–water partition coefficient (Wildman–Crippen LogP) is 3.87. The van der Waals surface area contributed by atoms with Gasteiger partial charge >= 0.3 is 0 Å². The second-order valence-corrected chi connectivity index (χ2v) is 6.11. The molecule has 0 saturated heterocycles. The van der Waals surface area contributed by atoms with E-state index in [9.17, 15) is 4.79 Å². The molecule has 2 nitrogen and oxygen atoms in total. The second kappa shape index (κ2) is 4.27. The van der Waals surface area contributed by atoms with Gasteiger partial charge in [0.25, 0.3) is 0 Å². The largest absolute Gasteiger partial charge is 0.337 e. The summed E-state index contributed by atoms with van der Waals surface area (Å²) in [5.74, 6) is 0.267. The maximum Gasteiger partial charge on any atom is 0.157 e. The van der Waals surface area contributed by atoms with Gasteiger partial charge in [-0.15, -0.1) is 0 Å². The zero-order valence-electron chi connectivity index (χ0n) is 11.9. The van der Waals surface area contributed by atoms with Crippen LogP contribution in [0, 0.1) is 19.3 Å². The minimum Gasteiger partial charge on any atom is -0.337 e. The molecule has 2 aromatic rings. The standard InChI is InChI=1S/C16H21NO/c1-11-6-7-14-13(8-11)9-12(2)17(14)10-15(18)16(3,4)5/h6-9H,10H2,1-5H3. The number of fused-ring (bicyclic) bond motifs is 1. The number of ketones is 1. The third-order valence-electron chi connectivity index (χ3n) is 3.40. The van der Waals surface area contributed by atoms with Crippen molar-refractivity contribution < 1.29 is 4.79 Å². The number of rotatable bonds is 2. The highest BCUT2D eigenvalue weighted by Crippen LogP contribution is 2.23. The van der Waals surface area contributed by atoms with Crippen LogP contribution in [0.3, 0.4) is 0 Å². The van der Waals surface area contributed by atoms with Crippen molar-refractivity contribution in [2.24, 2.45) is 5.41 Å². The second-order valence-electron chi connectivity index (χ2n) is 6.11. The summed E-state index contributed by atoms with van der Waals surface area (Å²) in [6.45, 7) is 10.5. The number of carbonyl (C=O) groups excluding carboxylic acids is 1. The van der Waals surface area contributed by atoms with E-state index in [0.717, 1.165) is 11.2 Å². The van der Waals surface area contributed by atoms with Crippen LogP contribution >= 0.6 is 0 Å². The Morgan fingerprint density at radius 1 is 1.17 bits per heavy atom. The molecule has 2 heteroatoms. The van der Waals surface area contributed by atoms with Crippen LogP contribution in [0.2, 0.25) is 0 Å². The van der Waals surface area contributed by atoms with Gasteiger partial charge < -0.3 is 4.57 Å². The Bertz CT molecular complexity index is 599. The first-order chi connectivity index (χ1) is 8.29. The van der Waals surface area contributed by atoms with Gasteiger partial charge in [0, 0.05) is 22.0 Å². The van der Waals surface area contributed by atoms with Crippen molar-refractivity contribution in [2.45, 2.75) is 41.2 Å². The first-order valence-corrected chi connectivity index (χ1v) is 6.39. The van der Waals surface area contributed by atoms with Crippen molar-refractivity contribution in [1.82, 2.24) is 4.57 Å². The van der Waals surface area contributed by atoms with Crippen LogP contribution in [-0.2, 0) is 11.3 Å². The van der Waals surface area contributed by atoms with Crippen molar-refractivity contribution in [3.63, 3.8) is 0 Å². The minimum atomic E-state index is -0.284. The quantitative estimate of drug-likeness (QED) is 0.784. The molecule has 1 aromatic carbocycles. The minimum absolute atomic E-state index is 0.267. The molecule has 1 aromatic heterocycles. The van der Waals surface area contributed by atoms with Crippen molar-refractivity contribution in [1.29, 1.82) is 0 Å². The normalized spacial score (nSPS) is 12.1. The first kappa shape index (κ1) is 12.9. The molecular formula is C16H21NO. The molecule has 0 spiro atoms. The Morgan fingerprint density at radius 2 is 1.83 bits per heavy atom. The highest BCUT2D eigenvalue weighted by Gasteiger charge is 2.22. The maximum atomic E-state index is 12.2. The lowest BCUT2D eigenvalue weighted by Gasteiger charge is -2.18. The number of hydrogen-bond donors (Lipinski definition) is 0. The van der Waals surface area contributed by atoms with Gasteiger partial charge in [0.2, 0.25) is 0 Å². The molecule has 0 radical (unpaired) electrons. The molecule has 2 rings (SSSR count). The first-order valence-electron chi connectivity index (χ1n) is 6.39. The lowest BCUT2D eigenvalue weighted by atomic mass is 9.91. The summed E-state index contributed by atoms with van der Waals surface area (Å²) in [6, 6.07) is 8.52. The van der Waals surface area contributed by atoms with Crippen molar-refractivity contribution in [3.8, 4) is 0 Å². The molecule has 0 bridgehead atoms. The fraction of sp³-hybridized carbons (Fsp3) is 0.438. The van der Waals surface area contributed by atoms with E-state index in [1.165, 1.54) is 10.9 Å². The highest BCUT2D eigenvalue weighted by molar-refractivity contribution is 5.87. The van der Waals surface area contributed by atoms with E-state index in [1.807, 2.05) is 20.8 Å². The third-order valence-corrected chi connectivity index (χ3v) is 3.40. The van der Waals surface area contributed by atoms with Gasteiger partial charge in [-0.05, 0) is 32.0 Å². The molecule has 0 aliphatic rings. The molecule has 0 N–H and O–H groups in total. The van der Waals surface area contributed by atoms with E-state index in [2.05, 4.69) is 42.7 Å². The fourth-order valence-electron chi connectivity index (χ4n) is 2.12. The molecule has 0 aliphatic carbocycles. The number of aryl methyl sites for hydroxylation is 2. The van der Waals surface area contributed by atoms with Crippen LogP contribution in [0.25, 0.3) is 10.9 Å². The smallest absolute Gasteiger partial charge is 0.157 e. The summed E-state index contributed by atoms with van der Waals surface area (Å²) in [7, 11) is 0. The summed E-state index contributed by atoms with van der Waals surface area (Å²) < 4.78 is 2.11. The molecule has 0 saturated carbocycles. The number of carbonyl (C=O) groups is 1. The zero-order valence-corrected chi connectivity index (χ0v) is 11.9. The van der Waals surface area contributed by atoms with Crippen LogP contribution < -0.4 is 0 Å². The average molecular weight is 243 g/mol. The van der Waals surface area contributed by atoms with Crippen LogP contribution in [0.5, 0.6) is 0 Å². The van der Waals surface area contributed by atoms with E-state index in [4.69, 9.17) is 0 Å². The lowest BCUT2D eigenvalue weighted by molar-refractivity contribution is -0.126. The number of benzene rings is 1. The molecule has 0 fully saturated rings. The molecule has 96 valence electrons. The van der Waals surface area contributed by atoms with E-state index >= 15 is 0 Å². The molecule has 0 aliphatic heterocycles. The average Bonchev–Trinajstić information content (AvgIpc) is 2.53. The summed E-state index contributed by atoms with van der Waals surface area (Å²) in [5.41, 5.74) is 3.26. The summed E-state index contributed by atoms with van der Waals surface area (Å²) in [6.07, 6.45) is 0. The van der Waals surface area contributed by atoms with Gasteiger partial charge in [-0.1, -0.05) is 32.4 Å². The maximum absolute atomic E-state index is 12.2. The van der Waals surface area contributed by atoms with Crippen LogP contribution in [0.1, 0.15) is 32.0 Å². The summed E-state index contributed by atoms with van der Waals surface area (Å²) in [5, 5.41) is 1.22. The Hall–Kier alpha value is -1.57. The van der Waals surface area contributed by atoms with Crippen molar-refractivity contribution >= 4 is 16.7 Å². The van der Waals surface area contributed by atoms with Gasteiger partial charge in [0.1, 0.15) is 0 Å². The lowest BCUT2D eigenvalue weighted by Crippen LogP contribution is -2.25. The van der Waals surface area contributed by atoms with E-state index in [1.54, 1.807) is 0 Å². The van der Waals surface area contributed by atoms with Gasteiger partial charge in [-0.25, -0.2) is 0 Å². The number of Topliss-reactive ketones (excluding diaryl/α,β-unsaturated/α-hetero) is 1. The van der Waals surface area contributed by atoms with Gasteiger partial charge in [-0.2, -0.15) is 0 Å². The van der Waals surface area contributed by atoms with Crippen molar-refractivity contribution in [2.75, 3.05) is 0 Å². The SMILES string of the molecule is Cc1ccc2c(c1)cc(C)n2CC(=O)C(C)(C)C. The van der Waals surface area contributed by atoms with E-state index in [-0.39, 0.29) is 11.2 Å². The van der Waals surface area contributed by atoms with Gasteiger partial charge in [0.15, 0.2) is 5.78 Å². The molecule has 0 unspecified atom stereocenters.